The molecule has 4 aliphatic rings. The van der Waals surface area contributed by atoms with Crippen LogP contribution in [-0.4, -0.2) is 101 Å². The van der Waals surface area contributed by atoms with E-state index < -0.39 is 5.97 Å². The molecule has 0 spiro atoms. The topological polar surface area (TPSA) is 236 Å². The molecule has 10 rings (SSSR count). The molecular weight excluding hydrogens is 1020 g/mol. The number of hydrogen-bond acceptors (Lipinski definition) is 17. The van der Waals surface area contributed by atoms with Crippen LogP contribution in [0.3, 0.4) is 0 Å². The molecule has 0 amide bonds. The summed E-state index contributed by atoms with van der Waals surface area (Å²) in [4.78, 5) is 50.9. The van der Waals surface area contributed by atoms with E-state index >= 15 is 0 Å². The Bertz CT molecular complexity index is 2820. The number of carbonyl (C=O) groups is 2. The van der Waals surface area contributed by atoms with Crippen LogP contribution in [0.5, 0.6) is 11.5 Å². The lowest BCUT2D eigenvalue weighted by Crippen LogP contribution is -2.23. The van der Waals surface area contributed by atoms with E-state index in [4.69, 9.17) is 58.7 Å². The highest BCUT2D eigenvalue weighted by Gasteiger charge is 2.25. The predicted molar refractivity (Wildman–Crippen MR) is 310 cm³/mol. The number of imidazole rings is 2. The molecule has 2 saturated carbocycles. The summed E-state index contributed by atoms with van der Waals surface area (Å²) < 4.78 is 33.0. The molecule has 4 fully saturated rings. The Morgan fingerprint density at radius 1 is 0.550 bits per heavy atom. The fraction of sp³-hybridized carbons (Fsp3) is 0.600. The summed E-state index contributed by atoms with van der Waals surface area (Å²) in [5, 5.41) is 22.8. The first-order valence-electron chi connectivity index (χ1n) is 30.0. The highest BCUT2D eigenvalue weighted by molar-refractivity contribution is 5.86. The number of rotatable bonds is 27. The minimum Gasteiger partial charge on any atom is -0.494 e. The van der Waals surface area contributed by atoms with Crippen LogP contribution in [-0.2, 0) is 23.8 Å². The Morgan fingerprint density at radius 2 is 0.988 bits per heavy atom. The number of aromatic nitrogens is 8. The predicted octanol–water partition coefficient (Wildman–Crippen LogP) is 13.3. The zero-order chi connectivity index (χ0) is 55.1. The van der Waals surface area contributed by atoms with Crippen LogP contribution in [0, 0.1) is 0 Å². The van der Waals surface area contributed by atoms with Crippen LogP contribution in [0.4, 0.5) is 34.9 Å². The Labute approximate surface area is 470 Å². The Balaban J connectivity index is 0.000000194. The van der Waals surface area contributed by atoms with Gasteiger partial charge >= 0.3 is 11.9 Å². The molecule has 20 heteroatoms. The molecule has 2 aromatic carbocycles. The van der Waals surface area contributed by atoms with Gasteiger partial charge < -0.3 is 50.1 Å². The van der Waals surface area contributed by atoms with E-state index in [9.17, 15) is 9.59 Å². The van der Waals surface area contributed by atoms with Gasteiger partial charge in [-0.05, 0) is 145 Å². The molecule has 0 radical (unpaired) electrons. The maximum atomic E-state index is 11.4. The smallest absolute Gasteiger partial charge is 0.305 e. The van der Waals surface area contributed by atoms with E-state index in [0.717, 1.165) is 186 Å². The summed E-state index contributed by atoms with van der Waals surface area (Å²) in [5.74, 6) is 3.39. The largest absolute Gasteiger partial charge is 0.494 e. The van der Waals surface area contributed by atoms with Crippen molar-refractivity contribution in [2.75, 3.05) is 54.3 Å². The van der Waals surface area contributed by atoms with Gasteiger partial charge in [0, 0.05) is 49.5 Å². The number of anilines is 6. The third kappa shape index (κ3) is 17.4. The van der Waals surface area contributed by atoms with Crippen molar-refractivity contribution in [2.45, 2.75) is 198 Å². The van der Waals surface area contributed by atoms with Gasteiger partial charge in [0.25, 0.3) is 0 Å². The first kappa shape index (κ1) is 57.9. The Kier molecular flexibility index (Phi) is 22.2. The number of unbranched alkanes of at least 4 members (excludes halogenated alkanes) is 6. The monoisotopic (exact) mass is 1100 g/mol. The van der Waals surface area contributed by atoms with Crippen LogP contribution in [0.25, 0.3) is 22.3 Å². The van der Waals surface area contributed by atoms with Crippen molar-refractivity contribution >= 4 is 69.2 Å². The fourth-order valence-electron chi connectivity index (χ4n) is 10.9. The zero-order valence-electron chi connectivity index (χ0n) is 46.9. The van der Waals surface area contributed by atoms with E-state index in [-0.39, 0.29) is 24.8 Å². The number of esters is 1. The summed E-state index contributed by atoms with van der Waals surface area (Å²) in [6, 6.07) is 16.5. The maximum absolute atomic E-state index is 11.4. The summed E-state index contributed by atoms with van der Waals surface area (Å²) in [6.45, 7) is 5.06. The summed E-state index contributed by atoms with van der Waals surface area (Å²) in [7, 11) is 0. The third-order valence-electron chi connectivity index (χ3n) is 15.3. The van der Waals surface area contributed by atoms with Gasteiger partial charge in [-0.3, -0.25) is 18.7 Å². The van der Waals surface area contributed by atoms with E-state index in [0.29, 0.717) is 50.2 Å². The van der Waals surface area contributed by atoms with Gasteiger partial charge in [0.15, 0.2) is 34.0 Å². The van der Waals surface area contributed by atoms with Crippen molar-refractivity contribution in [1.29, 1.82) is 0 Å². The standard InChI is InChI=1S/C31H44N6O4.C29H40N6O4/c1-2-39-27(38)15-8-3-4-10-20-40-25-18-16-24(17-19-25)34-31-35-29(33-23-12-6-5-7-13-23)28-30(36-31)37(22-32-28)26-14-9-11-21-41-26;36-25(37)13-6-1-2-8-18-38-23-16-14-22(15-17-23)32-29-33-27(31-21-10-4-3-5-11-21)26-28(34-29)35(20-30-26)24-12-7-9-19-39-24/h16-19,22-23,26H,2-15,20-21H2,1H3,(H2,33,34,35,36);14-17,20-21,24H,1-13,18-19H2,(H,36,37)(H2,31,32,33,34). The molecule has 80 heavy (non-hydrogen) atoms. The van der Waals surface area contributed by atoms with Crippen molar-refractivity contribution in [3.8, 4) is 11.5 Å². The highest BCUT2D eigenvalue weighted by atomic mass is 16.5. The highest BCUT2D eigenvalue weighted by Crippen LogP contribution is 2.34. The molecule has 2 aliphatic carbocycles. The molecule has 6 aromatic rings. The number of carboxylic acid groups (broad SMARTS) is 1. The van der Waals surface area contributed by atoms with Crippen LogP contribution >= 0.6 is 0 Å². The number of aliphatic carboxylic acids is 1. The summed E-state index contributed by atoms with van der Waals surface area (Å²) in [6.07, 6.45) is 30.1. The second kappa shape index (κ2) is 30.7. The van der Waals surface area contributed by atoms with Crippen LogP contribution in [0.1, 0.15) is 186 Å². The number of hydrogen-bond donors (Lipinski definition) is 5. The fourth-order valence-corrected chi connectivity index (χ4v) is 10.9. The molecule has 0 bridgehead atoms. The van der Waals surface area contributed by atoms with E-state index in [1.54, 1.807) is 0 Å². The molecule has 2 saturated heterocycles. The zero-order valence-corrected chi connectivity index (χ0v) is 46.9. The first-order chi connectivity index (χ1) is 39.3. The van der Waals surface area contributed by atoms with E-state index in [1.807, 2.05) is 72.7 Å². The number of benzene rings is 2. The van der Waals surface area contributed by atoms with Crippen molar-refractivity contribution < 1.29 is 38.4 Å². The third-order valence-corrected chi connectivity index (χ3v) is 15.3. The van der Waals surface area contributed by atoms with Crippen molar-refractivity contribution in [1.82, 2.24) is 39.0 Å². The number of nitrogens with one attached hydrogen (secondary N) is 4. The molecule has 2 aliphatic heterocycles. The SMILES string of the molecule is CCOC(=O)CCCCCCOc1ccc(Nc2nc(NC3CCCCC3)c3ncn(C4CCCCO4)c3n2)cc1.O=C(O)CCCCCCOc1ccc(Nc2nc(NC3CCCCC3)c3ncn(C4CCCCO4)c3n2)cc1. The van der Waals surface area contributed by atoms with Gasteiger partial charge in [0.05, 0.1) is 32.5 Å². The number of nitrogens with zero attached hydrogens (tertiary/aromatic N) is 8. The first-order valence-corrected chi connectivity index (χ1v) is 30.0. The number of fused-ring (bicyclic) bond motifs is 2. The second-order valence-electron chi connectivity index (χ2n) is 21.6. The lowest BCUT2D eigenvalue weighted by Gasteiger charge is -2.25. The average Bonchev–Trinajstić information content (AvgIpc) is 4.14. The average molecular weight is 1100 g/mol. The molecular formula is C60H84N12O8. The molecule has 4 aromatic heterocycles. The Hall–Kier alpha value is -6.80. The Morgan fingerprint density at radius 3 is 1.41 bits per heavy atom. The van der Waals surface area contributed by atoms with Crippen LogP contribution < -0.4 is 30.7 Å². The van der Waals surface area contributed by atoms with Crippen LogP contribution in [0.15, 0.2) is 61.2 Å². The van der Waals surface area contributed by atoms with Gasteiger partial charge in [-0.25, -0.2) is 9.97 Å². The lowest BCUT2D eigenvalue weighted by atomic mass is 9.95. The molecule has 432 valence electrons. The number of ether oxygens (including phenoxy) is 5. The van der Waals surface area contributed by atoms with Gasteiger partial charge in [0.2, 0.25) is 11.9 Å². The van der Waals surface area contributed by atoms with Crippen molar-refractivity contribution in [3.63, 3.8) is 0 Å². The van der Waals surface area contributed by atoms with Gasteiger partial charge in [0.1, 0.15) is 24.0 Å². The van der Waals surface area contributed by atoms with E-state index in [1.165, 1.54) is 38.5 Å². The number of carbonyl (C=O) groups excluding carboxylic acids is 1. The van der Waals surface area contributed by atoms with Gasteiger partial charge in [-0.15, -0.1) is 0 Å². The number of carboxylic acids is 1. The quantitative estimate of drug-likeness (QED) is 0.0238. The van der Waals surface area contributed by atoms with Crippen molar-refractivity contribution in [2.24, 2.45) is 0 Å². The maximum Gasteiger partial charge on any atom is 0.305 e. The summed E-state index contributed by atoms with van der Waals surface area (Å²) >= 11 is 0. The van der Waals surface area contributed by atoms with Crippen molar-refractivity contribution in [3.05, 3.63) is 61.2 Å². The lowest BCUT2D eigenvalue weighted by molar-refractivity contribution is -0.143. The van der Waals surface area contributed by atoms with E-state index in [2.05, 4.69) is 25.8 Å². The van der Waals surface area contributed by atoms with Crippen LogP contribution in [0.2, 0.25) is 0 Å². The van der Waals surface area contributed by atoms with Gasteiger partial charge in [-0.1, -0.05) is 64.2 Å². The molecule has 5 N–H and O–H groups in total. The molecule has 20 nitrogen and oxygen atoms in total. The minimum atomic E-state index is -0.731. The van der Waals surface area contributed by atoms with Gasteiger partial charge in [-0.2, -0.15) is 19.9 Å². The minimum absolute atomic E-state index is 0.0481. The molecule has 2 unspecified atom stereocenters. The molecule has 6 heterocycles. The molecule has 2 atom stereocenters. The second-order valence-corrected chi connectivity index (χ2v) is 21.6. The normalized spacial score (nSPS) is 18.0. The summed E-state index contributed by atoms with van der Waals surface area (Å²) in [5.41, 5.74) is 4.90.